The van der Waals surface area contributed by atoms with Gasteiger partial charge in [0, 0.05) is 28.3 Å². The largest absolute Gasteiger partial charge is 0.496 e. The Morgan fingerprint density at radius 1 is 1.21 bits per heavy atom. The molecule has 0 radical (unpaired) electrons. The van der Waals surface area contributed by atoms with Crippen LogP contribution in [0, 0.1) is 5.82 Å². The Morgan fingerprint density at radius 3 is 2.61 bits per heavy atom. The van der Waals surface area contributed by atoms with Crippen molar-refractivity contribution in [3.8, 4) is 16.9 Å². The highest BCUT2D eigenvalue weighted by molar-refractivity contribution is 7.15. The lowest BCUT2D eigenvalue weighted by molar-refractivity contribution is -0.116. The average Bonchev–Trinajstić information content (AvgIpc) is 3.07. The first-order valence-electron chi connectivity index (χ1n) is 8.58. The van der Waals surface area contributed by atoms with Crippen LogP contribution in [0.5, 0.6) is 5.75 Å². The number of carbonyl (C=O) groups excluding carboxylic acids is 1. The van der Waals surface area contributed by atoms with E-state index in [0.717, 1.165) is 21.8 Å². The predicted molar refractivity (Wildman–Crippen MR) is 105 cm³/mol. The van der Waals surface area contributed by atoms with Crippen molar-refractivity contribution in [2.24, 2.45) is 0 Å². The Bertz CT molecular complexity index is 1070. The summed E-state index contributed by atoms with van der Waals surface area (Å²) in [5, 5.41) is 12.6. The number of halogens is 1. The normalized spacial score (nSPS) is 15.6. The van der Waals surface area contributed by atoms with Crippen molar-refractivity contribution in [1.29, 1.82) is 0 Å². The van der Waals surface area contributed by atoms with Crippen LogP contribution in [0.1, 0.15) is 32.5 Å². The van der Waals surface area contributed by atoms with Crippen molar-refractivity contribution in [2.75, 3.05) is 12.4 Å². The molecule has 142 valence electrons. The molecule has 2 aromatic carbocycles. The Labute approximate surface area is 164 Å². The first kappa shape index (κ1) is 18.2. The van der Waals surface area contributed by atoms with Crippen LogP contribution in [0.3, 0.4) is 0 Å². The molecule has 0 saturated carbocycles. The number of carbonyl (C=O) groups is 2. The van der Waals surface area contributed by atoms with E-state index in [-0.39, 0.29) is 23.1 Å². The predicted octanol–water partition coefficient (Wildman–Crippen LogP) is 4.74. The monoisotopic (exact) mass is 397 g/mol. The Balaban J connectivity index is 1.95. The molecule has 0 fully saturated rings. The molecule has 0 bridgehead atoms. The van der Waals surface area contributed by atoms with E-state index in [2.05, 4.69) is 5.32 Å². The zero-order valence-corrected chi connectivity index (χ0v) is 15.7. The molecule has 1 atom stereocenters. The summed E-state index contributed by atoms with van der Waals surface area (Å²) in [6, 6.07) is 13.0. The fourth-order valence-electron chi connectivity index (χ4n) is 3.53. The number of anilines is 1. The number of methoxy groups -OCH3 is 1. The lowest BCUT2D eigenvalue weighted by Gasteiger charge is -2.25. The van der Waals surface area contributed by atoms with E-state index in [0.29, 0.717) is 22.6 Å². The number of nitrogens with one attached hydrogen (secondary N) is 1. The highest BCUT2D eigenvalue weighted by atomic mass is 32.1. The number of fused-ring (bicyclic) bond motifs is 1. The first-order chi connectivity index (χ1) is 13.5. The third-order valence-corrected chi connectivity index (χ3v) is 6.04. The van der Waals surface area contributed by atoms with Gasteiger partial charge >= 0.3 is 5.97 Å². The lowest BCUT2D eigenvalue weighted by atomic mass is 9.88. The number of ether oxygens (including phenoxy) is 1. The molecule has 5 nitrogen and oxygen atoms in total. The van der Waals surface area contributed by atoms with Crippen LogP contribution >= 0.6 is 11.3 Å². The number of aromatic carboxylic acids is 1. The number of hydrogen-bond acceptors (Lipinski definition) is 4. The van der Waals surface area contributed by atoms with Crippen LogP contribution in [0.15, 0.2) is 48.5 Å². The molecule has 0 spiro atoms. The van der Waals surface area contributed by atoms with Crippen molar-refractivity contribution in [3.63, 3.8) is 0 Å². The third-order valence-electron chi connectivity index (χ3n) is 4.75. The van der Waals surface area contributed by atoms with Crippen molar-refractivity contribution in [1.82, 2.24) is 0 Å². The van der Waals surface area contributed by atoms with E-state index in [9.17, 15) is 19.1 Å². The zero-order valence-electron chi connectivity index (χ0n) is 14.9. The molecule has 28 heavy (non-hydrogen) atoms. The van der Waals surface area contributed by atoms with Crippen LogP contribution in [-0.4, -0.2) is 24.1 Å². The highest BCUT2D eigenvalue weighted by Crippen LogP contribution is 2.50. The standard InChI is InChI=1S/C21H16FNO4S/c1-27-15-5-3-2-4-13(15)14-10-16(24)23-18-17(11-6-8-12(22)9-7-11)20(21(25)26)28-19(14)18/h2-9,14H,10H2,1H3,(H,23,24)(H,25,26). The molecule has 1 aliphatic heterocycles. The molecule has 2 N–H and O–H groups in total. The second-order valence-corrected chi connectivity index (χ2v) is 7.46. The number of carboxylic acids is 1. The van der Waals surface area contributed by atoms with Crippen molar-refractivity contribution >= 4 is 28.9 Å². The van der Waals surface area contributed by atoms with E-state index in [4.69, 9.17) is 4.74 Å². The third kappa shape index (κ3) is 3.03. The summed E-state index contributed by atoms with van der Waals surface area (Å²) in [6.07, 6.45) is 0.190. The van der Waals surface area contributed by atoms with Gasteiger partial charge in [-0.05, 0) is 23.8 Å². The van der Waals surface area contributed by atoms with E-state index in [1.165, 1.54) is 24.3 Å². The molecule has 2 heterocycles. The van der Waals surface area contributed by atoms with Crippen LogP contribution in [0.2, 0.25) is 0 Å². The number of amides is 1. The number of rotatable bonds is 4. The number of benzene rings is 2. The minimum Gasteiger partial charge on any atom is -0.496 e. The van der Waals surface area contributed by atoms with Gasteiger partial charge < -0.3 is 15.2 Å². The maximum atomic E-state index is 13.4. The van der Waals surface area contributed by atoms with E-state index < -0.39 is 11.8 Å². The van der Waals surface area contributed by atoms with Gasteiger partial charge in [-0.1, -0.05) is 30.3 Å². The molecule has 1 amide bonds. The topological polar surface area (TPSA) is 75.6 Å². The van der Waals surface area contributed by atoms with Crippen LogP contribution in [0.25, 0.3) is 11.1 Å². The molecule has 0 aliphatic carbocycles. The number of para-hydroxylation sites is 1. The molecule has 3 aromatic rings. The first-order valence-corrected chi connectivity index (χ1v) is 9.40. The van der Waals surface area contributed by atoms with Gasteiger partial charge in [0.15, 0.2) is 0 Å². The molecule has 0 saturated heterocycles. The van der Waals surface area contributed by atoms with Gasteiger partial charge in [0.2, 0.25) is 5.91 Å². The van der Waals surface area contributed by atoms with Gasteiger partial charge in [0.05, 0.1) is 12.8 Å². The SMILES string of the molecule is COc1ccccc1C1CC(=O)Nc2c1sc(C(=O)O)c2-c1ccc(F)cc1. The molecular formula is C21H16FNO4S. The van der Waals surface area contributed by atoms with Crippen LogP contribution in [0.4, 0.5) is 10.1 Å². The molecular weight excluding hydrogens is 381 g/mol. The minimum atomic E-state index is -1.09. The van der Waals surface area contributed by atoms with Gasteiger partial charge in [-0.2, -0.15) is 0 Å². The van der Waals surface area contributed by atoms with E-state index in [1.807, 2.05) is 24.3 Å². The smallest absolute Gasteiger partial charge is 0.346 e. The number of hydrogen-bond donors (Lipinski definition) is 2. The summed E-state index contributed by atoms with van der Waals surface area (Å²) in [5.41, 5.74) is 2.24. The molecule has 4 rings (SSSR count). The Hall–Kier alpha value is -3.19. The van der Waals surface area contributed by atoms with Crippen LogP contribution < -0.4 is 10.1 Å². The van der Waals surface area contributed by atoms with E-state index >= 15 is 0 Å². The van der Waals surface area contributed by atoms with Crippen molar-refractivity contribution in [2.45, 2.75) is 12.3 Å². The van der Waals surface area contributed by atoms with Crippen LogP contribution in [-0.2, 0) is 4.79 Å². The highest BCUT2D eigenvalue weighted by Gasteiger charge is 2.35. The molecule has 7 heteroatoms. The minimum absolute atomic E-state index is 0.110. The van der Waals surface area contributed by atoms with Crippen molar-refractivity contribution < 1.29 is 23.8 Å². The maximum absolute atomic E-state index is 13.4. The Kier molecular flexibility index (Phi) is 4.60. The zero-order chi connectivity index (χ0) is 19.8. The Morgan fingerprint density at radius 2 is 1.93 bits per heavy atom. The summed E-state index contributed by atoms with van der Waals surface area (Å²) in [4.78, 5) is 25.3. The molecule has 1 aromatic heterocycles. The maximum Gasteiger partial charge on any atom is 0.346 e. The summed E-state index contributed by atoms with van der Waals surface area (Å²) in [6.45, 7) is 0. The second-order valence-electron chi connectivity index (χ2n) is 6.40. The van der Waals surface area contributed by atoms with Gasteiger partial charge in [-0.25, -0.2) is 9.18 Å². The molecule has 1 aliphatic rings. The van der Waals surface area contributed by atoms with Gasteiger partial charge in [-0.3, -0.25) is 4.79 Å². The average molecular weight is 397 g/mol. The summed E-state index contributed by atoms with van der Waals surface area (Å²) in [5.74, 6) is -1.40. The van der Waals surface area contributed by atoms with Gasteiger partial charge in [-0.15, -0.1) is 11.3 Å². The fraction of sp³-hybridized carbons (Fsp3) is 0.143. The number of thiophene rings is 1. The second kappa shape index (κ2) is 7.09. The molecule has 1 unspecified atom stereocenters. The number of carboxylic acid groups (broad SMARTS) is 1. The fourth-order valence-corrected chi connectivity index (χ4v) is 4.77. The van der Waals surface area contributed by atoms with Gasteiger partial charge in [0.1, 0.15) is 16.4 Å². The quantitative estimate of drug-likeness (QED) is 0.667. The van der Waals surface area contributed by atoms with Crippen molar-refractivity contribution in [3.05, 3.63) is 69.7 Å². The van der Waals surface area contributed by atoms with Gasteiger partial charge in [0.25, 0.3) is 0 Å². The lowest BCUT2D eigenvalue weighted by Crippen LogP contribution is -2.22. The summed E-state index contributed by atoms with van der Waals surface area (Å²) in [7, 11) is 1.56. The van der Waals surface area contributed by atoms with E-state index in [1.54, 1.807) is 7.11 Å². The summed E-state index contributed by atoms with van der Waals surface area (Å²) < 4.78 is 18.8. The summed E-state index contributed by atoms with van der Waals surface area (Å²) >= 11 is 1.13.